The molecule has 3 rings (SSSR count). The minimum atomic E-state index is -0.484. The first kappa shape index (κ1) is 11.9. The van der Waals surface area contributed by atoms with Crippen LogP contribution < -0.4 is 0 Å². The van der Waals surface area contributed by atoms with Crippen LogP contribution in [0.15, 0.2) is 36.5 Å². The van der Waals surface area contributed by atoms with Gasteiger partial charge in [0.25, 0.3) is 0 Å². The summed E-state index contributed by atoms with van der Waals surface area (Å²) in [6, 6.07) is 9.38. The number of aryl methyl sites for hydroxylation is 1. The molecule has 1 aliphatic carbocycles. The van der Waals surface area contributed by atoms with Crippen molar-refractivity contribution >= 4 is 0 Å². The molecule has 1 aromatic heterocycles. The van der Waals surface area contributed by atoms with Crippen LogP contribution in [0.5, 0.6) is 0 Å². The van der Waals surface area contributed by atoms with Crippen molar-refractivity contribution in [3.63, 3.8) is 0 Å². The highest BCUT2D eigenvalue weighted by molar-refractivity contribution is 5.49. The van der Waals surface area contributed by atoms with Gasteiger partial charge in [-0.05, 0) is 48.9 Å². The van der Waals surface area contributed by atoms with E-state index >= 15 is 0 Å². The average Bonchev–Trinajstić information content (AvgIpc) is 2.45. The van der Waals surface area contributed by atoms with Crippen LogP contribution in [0, 0.1) is 17.8 Å². The molecule has 0 saturated carbocycles. The van der Waals surface area contributed by atoms with E-state index in [1.807, 2.05) is 0 Å². The van der Waals surface area contributed by atoms with E-state index in [1.165, 1.54) is 36.2 Å². The minimum absolute atomic E-state index is 0.484. The van der Waals surface area contributed by atoms with Crippen molar-refractivity contribution < 1.29 is 4.39 Å². The van der Waals surface area contributed by atoms with Gasteiger partial charge in [0.15, 0.2) is 0 Å². The topological polar surface area (TPSA) is 12.9 Å². The van der Waals surface area contributed by atoms with Crippen LogP contribution in [0.4, 0.5) is 4.39 Å². The number of hydrogen-bond acceptors (Lipinski definition) is 1. The molecule has 0 spiro atoms. The number of aromatic nitrogens is 1. The first-order valence-corrected chi connectivity index (χ1v) is 6.57. The molecular formula is C17H14FN. The quantitative estimate of drug-likeness (QED) is 0.516. The highest BCUT2D eigenvalue weighted by atomic mass is 19.1. The van der Waals surface area contributed by atoms with E-state index in [9.17, 15) is 4.39 Å². The van der Waals surface area contributed by atoms with Crippen LogP contribution in [-0.2, 0) is 12.8 Å². The molecule has 0 bridgehead atoms. The van der Waals surface area contributed by atoms with Crippen molar-refractivity contribution in [3.05, 3.63) is 64.7 Å². The Morgan fingerprint density at radius 1 is 1.05 bits per heavy atom. The molecule has 1 aliphatic rings. The predicted molar refractivity (Wildman–Crippen MR) is 73.3 cm³/mol. The SMILES string of the molecule is Fc1cc(C#Cc2cccc3c2CCCC3)ccn1. The molecule has 2 heteroatoms. The number of benzene rings is 1. The number of hydrogen-bond donors (Lipinski definition) is 0. The smallest absolute Gasteiger partial charge is 0.214 e. The Labute approximate surface area is 112 Å². The molecule has 0 fully saturated rings. The summed E-state index contributed by atoms with van der Waals surface area (Å²) in [6.45, 7) is 0. The molecule has 1 nitrogen and oxygen atoms in total. The predicted octanol–water partition coefficient (Wildman–Crippen LogP) is 3.50. The van der Waals surface area contributed by atoms with Gasteiger partial charge in [-0.3, -0.25) is 0 Å². The summed E-state index contributed by atoms with van der Waals surface area (Å²) in [5, 5.41) is 0. The Hall–Kier alpha value is -2.14. The molecule has 19 heavy (non-hydrogen) atoms. The zero-order chi connectivity index (χ0) is 13.1. The van der Waals surface area contributed by atoms with E-state index < -0.39 is 5.95 Å². The maximum atomic E-state index is 13.0. The maximum Gasteiger partial charge on any atom is 0.214 e. The van der Waals surface area contributed by atoms with Crippen LogP contribution in [0.3, 0.4) is 0 Å². The fourth-order valence-corrected chi connectivity index (χ4v) is 2.52. The lowest BCUT2D eigenvalue weighted by molar-refractivity contribution is 0.583. The average molecular weight is 251 g/mol. The summed E-state index contributed by atoms with van der Waals surface area (Å²) in [5.41, 5.74) is 4.53. The molecule has 0 unspecified atom stereocenters. The molecule has 2 aromatic rings. The zero-order valence-electron chi connectivity index (χ0n) is 10.6. The lowest BCUT2D eigenvalue weighted by Crippen LogP contribution is -2.04. The van der Waals surface area contributed by atoms with Crippen LogP contribution in [-0.4, -0.2) is 4.98 Å². The Kier molecular flexibility index (Phi) is 3.29. The number of pyridine rings is 1. The van der Waals surface area contributed by atoms with Crippen molar-refractivity contribution in [2.24, 2.45) is 0 Å². The summed E-state index contributed by atoms with van der Waals surface area (Å²) >= 11 is 0. The van der Waals surface area contributed by atoms with Crippen LogP contribution >= 0.6 is 0 Å². The van der Waals surface area contributed by atoms with Crippen LogP contribution in [0.2, 0.25) is 0 Å². The van der Waals surface area contributed by atoms with Crippen molar-refractivity contribution in [1.82, 2.24) is 4.98 Å². The van der Waals surface area contributed by atoms with E-state index in [0.717, 1.165) is 18.4 Å². The van der Waals surface area contributed by atoms with Crippen molar-refractivity contribution in [2.75, 3.05) is 0 Å². The fraction of sp³-hybridized carbons (Fsp3) is 0.235. The zero-order valence-corrected chi connectivity index (χ0v) is 10.6. The van der Waals surface area contributed by atoms with Crippen LogP contribution in [0.1, 0.15) is 35.1 Å². The summed E-state index contributed by atoms with van der Waals surface area (Å²) in [5.74, 6) is 5.71. The van der Waals surface area contributed by atoms with Gasteiger partial charge in [-0.15, -0.1) is 0 Å². The van der Waals surface area contributed by atoms with Gasteiger partial charge in [0.2, 0.25) is 5.95 Å². The van der Waals surface area contributed by atoms with E-state index in [1.54, 1.807) is 6.07 Å². The van der Waals surface area contributed by atoms with Crippen molar-refractivity contribution in [3.8, 4) is 11.8 Å². The van der Waals surface area contributed by atoms with Gasteiger partial charge >= 0.3 is 0 Å². The highest BCUT2D eigenvalue weighted by Crippen LogP contribution is 2.23. The molecule has 0 atom stereocenters. The third-order valence-corrected chi connectivity index (χ3v) is 3.46. The van der Waals surface area contributed by atoms with Gasteiger partial charge in [-0.25, -0.2) is 4.98 Å². The molecule has 0 aliphatic heterocycles. The molecule has 0 saturated heterocycles. The van der Waals surface area contributed by atoms with Gasteiger partial charge in [-0.1, -0.05) is 24.0 Å². The van der Waals surface area contributed by atoms with Crippen LogP contribution in [0.25, 0.3) is 0 Å². The van der Waals surface area contributed by atoms with Gasteiger partial charge < -0.3 is 0 Å². The molecule has 0 amide bonds. The maximum absolute atomic E-state index is 13.0. The number of nitrogens with zero attached hydrogens (tertiary/aromatic N) is 1. The van der Waals surface area contributed by atoms with E-state index in [-0.39, 0.29) is 0 Å². The van der Waals surface area contributed by atoms with Crippen molar-refractivity contribution in [2.45, 2.75) is 25.7 Å². The number of halogens is 1. The first-order valence-electron chi connectivity index (χ1n) is 6.57. The van der Waals surface area contributed by atoms with E-state index in [0.29, 0.717) is 5.56 Å². The first-order chi connectivity index (χ1) is 9.33. The third-order valence-electron chi connectivity index (χ3n) is 3.46. The Balaban J connectivity index is 1.96. The molecule has 0 radical (unpaired) electrons. The largest absolute Gasteiger partial charge is 0.228 e. The fourth-order valence-electron chi connectivity index (χ4n) is 2.52. The molecule has 1 heterocycles. The Bertz CT molecular complexity index is 664. The van der Waals surface area contributed by atoms with E-state index in [2.05, 4.69) is 35.0 Å². The Morgan fingerprint density at radius 3 is 2.84 bits per heavy atom. The Morgan fingerprint density at radius 2 is 1.95 bits per heavy atom. The summed E-state index contributed by atoms with van der Waals surface area (Å²) in [4.78, 5) is 3.53. The number of fused-ring (bicyclic) bond motifs is 1. The second-order valence-electron chi connectivity index (χ2n) is 4.77. The monoisotopic (exact) mass is 251 g/mol. The lowest BCUT2D eigenvalue weighted by Gasteiger charge is -2.16. The second-order valence-corrected chi connectivity index (χ2v) is 4.77. The normalized spacial score (nSPS) is 13.3. The minimum Gasteiger partial charge on any atom is -0.228 e. The second kappa shape index (κ2) is 5.24. The standard InChI is InChI=1S/C17H14FN/c18-17-12-13(10-11-19-17)8-9-15-6-3-5-14-4-1-2-7-16(14)15/h3,5-6,10-12H,1-2,4,7H2. The van der Waals surface area contributed by atoms with Gasteiger partial charge in [0.05, 0.1) is 0 Å². The molecular weight excluding hydrogens is 237 g/mol. The number of rotatable bonds is 0. The van der Waals surface area contributed by atoms with Gasteiger partial charge in [-0.2, -0.15) is 4.39 Å². The summed E-state index contributed by atoms with van der Waals surface area (Å²) in [7, 11) is 0. The third kappa shape index (κ3) is 2.66. The van der Waals surface area contributed by atoms with Gasteiger partial charge in [0, 0.05) is 23.4 Å². The lowest BCUT2D eigenvalue weighted by atomic mass is 9.88. The molecule has 0 N–H and O–H groups in total. The van der Waals surface area contributed by atoms with Crippen molar-refractivity contribution in [1.29, 1.82) is 0 Å². The highest BCUT2D eigenvalue weighted by Gasteiger charge is 2.11. The summed E-state index contributed by atoms with van der Waals surface area (Å²) in [6.07, 6.45) is 6.19. The summed E-state index contributed by atoms with van der Waals surface area (Å²) < 4.78 is 13.0. The van der Waals surface area contributed by atoms with Gasteiger partial charge in [0.1, 0.15) is 0 Å². The molecule has 1 aromatic carbocycles. The van der Waals surface area contributed by atoms with E-state index in [4.69, 9.17) is 0 Å². The molecule has 94 valence electrons.